The Bertz CT molecular complexity index is 939. The van der Waals surface area contributed by atoms with Crippen LogP contribution < -0.4 is 10.4 Å². The smallest absolute Gasteiger partial charge is 0.336 e. The van der Waals surface area contributed by atoms with Crippen molar-refractivity contribution in [3.05, 3.63) is 81.2 Å². The van der Waals surface area contributed by atoms with Crippen LogP contribution in [-0.2, 0) is 13.0 Å². The van der Waals surface area contributed by atoms with Crippen molar-refractivity contribution < 1.29 is 9.15 Å². The molecule has 2 aromatic carbocycles. The zero-order valence-electron chi connectivity index (χ0n) is 13.3. The summed E-state index contributed by atoms with van der Waals surface area (Å²) in [4.78, 5) is 11.7. The van der Waals surface area contributed by atoms with Gasteiger partial charge in [0, 0.05) is 17.5 Å². The molecule has 3 aromatic rings. The van der Waals surface area contributed by atoms with Crippen LogP contribution in [0.5, 0.6) is 5.75 Å². The van der Waals surface area contributed by atoms with E-state index in [9.17, 15) is 4.79 Å². The van der Waals surface area contributed by atoms with Gasteiger partial charge in [0.2, 0.25) is 0 Å². The molecule has 24 heavy (non-hydrogen) atoms. The van der Waals surface area contributed by atoms with Crippen molar-refractivity contribution >= 4 is 28.6 Å². The highest BCUT2D eigenvalue weighted by molar-refractivity contribution is 6.32. The van der Waals surface area contributed by atoms with Crippen molar-refractivity contribution in [2.24, 2.45) is 0 Å². The summed E-state index contributed by atoms with van der Waals surface area (Å²) in [7, 11) is 0. The Hall–Kier alpha value is -2.52. The quantitative estimate of drug-likeness (QED) is 0.597. The Morgan fingerprint density at radius 2 is 1.96 bits per heavy atom. The first kappa shape index (κ1) is 16.3. The maximum absolute atomic E-state index is 11.7. The highest BCUT2D eigenvalue weighted by Gasteiger charge is 2.10. The average Bonchev–Trinajstić information content (AvgIpc) is 2.60. The van der Waals surface area contributed by atoms with Crippen LogP contribution in [0.4, 0.5) is 0 Å². The zero-order chi connectivity index (χ0) is 17.1. The Kier molecular flexibility index (Phi) is 4.72. The van der Waals surface area contributed by atoms with Crippen molar-refractivity contribution in [3.8, 4) is 5.75 Å². The van der Waals surface area contributed by atoms with Crippen molar-refractivity contribution in [1.82, 2.24) is 0 Å². The van der Waals surface area contributed by atoms with Gasteiger partial charge in [-0.25, -0.2) is 4.79 Å². The second-order valence-electron chi connectivity index (χ2n) is 5.46. The summed E-state index contributed by atoms with van der Waals surface area (Å²) in [6.45, 7) is 6.09. The molecule has 1 heterocycles. The van der Waals surface area contributed by atoms with Gasteiger partial charge in [-0.05, 0) is 29.2 Å². The molecule has 0 saturated heterocycles. The van der Waals surface area contributed by atoms with E-state index in [1.54, 1.807) is 18.2 Å². The predicted molar refractivity (Wildman–Crippen MR) is 97.7 cm³/mol. The summed E-state index contributed by atoms with van der Waals surface area (Å²) in [6, 6.07) is 12.9. The standard InChI is InChI=1S/C20H17ClO3/c1-3-13-5-7-14(8-6-13)12-23-19-11-18-16(10-17(19)21)15(4-2)9-20(22)24-18/h3,5-11H,1,4,12H2,2H3. The van der Waals surface area contributed by atoms with E-state index in [0.29, 0.717) is 23.0 Å². The van der Waals surface area contributed by atoms with Crippen molar-refractivity contribution in [2.45, 2.75) is 20.0 Å². The van der Waals surface area contributed by atoms with Gasteiger partial charge in [0.1, 0.15) is 17.9 Å². The van der Waals surface area contributed by atoms with Crippen LogP contribution in [0.3, 0.4) is 0 Å². The molecule has 0 spiro atoms. The van der Waals surface area contributed by atoms with Crippen molar-refractivity contribution in [3.63, 3.8) is 0 Å². The monoisotopic (exact) mass is 340 g/mol. The minimum atomic E-state index is -0.368. The number of ether oxygens (including phenoxy) is 1. The second-order valence-corrected chi connectivity index (χ2v) is 5.86. The van der Waals surface area contributed by atoms with E-state index in [0.717, 1.165) is 28.5 Å². The third kappa shape index (κ3) is 3.36. The van der Waals surface area contributed by atoms with Crippen molar-refractivity contribution in [2.75, 3.05) is 0 Å². The number of aryl methyl sites for hydroxylation is 1. The van der Waals surface area contributed by atoms with Gasteiger partial charge in [0.05, 0.1) is 5.02 Å². The summed E-state index contributed by atoms with van der Waals surface area (Å²) in [5.74, 6) is 0.494. The highest BCUT2D eigenvalue weighted by Crippen LogP contribution is 2.31. The molecular formula is C20H17ClO3. The lowest BCUT2D eigenvalue weighted by Crippen LogP contribution is -2.01. The topological polar surface area (TPSA) is 39.4 Å². The van der Waals surface area contributed by atoms with Gasteiger partial charge in [-0.3, -0.25) is 0 Å². The molecule has 0 unspecified atom stereocenters. The van der Waals surface area contributed by atoms with Crippen LogP contribution in [0.2, 0.25) is 5.02 Å². The molecule has 4 heteroatoms. The molecule has 1 aromatic heterocycles. The minimum absolute atomic E-state index is 0.368. The van der Waals surface area contributed by atoms with E-state index in [2.05, 4.69) is 6.58 Å². The largest absolute Gasteiger partial charge is 0.487 e. The molecule has 0 atom stereocenters. The summed E-state index contributed by atoms with van der Waals surface area (Å²) in [6.07, 6.45) is 2.52. The molecule has 0 bridgehead atoms. The fourth-order valence-electron chi connectivity index (χ4n) is 2.54. The molecule has 0 saturated carbocycles. The molecule has 3 rings (SSSR count). The normalized spacial score (nSPS) is 10.8. The third-order valence-corrected chi connectivity index (χ3v) is 4.17. The lowest BCUT2D eigenvalue weighted by Gasteiger charge is -2.10. The van der Waals surface area contributed by atoms with Crippen LogP contribution in [0.25, 0.3) is 17.0 Å². The molecule has 0 amide bonds. The molecule has 0 aliphatic carbocycles. The lowest BCUT2D eigenvalue weighted by molar-refractivity contribution is 0.306. The maximum Gasteiger partial charge on any atom is 0.336 e. The Balaban J connectivity index is 1.90. The molecule has 0 N–H and O–H groups in total. The number of rotatable bonds is 5. The van der Waals surface area contributed by atoms with Gasteiger partial charge in [-0.1, -0.05) is 55.4 Å². The summed E-state index contributed by atoms with van der Waals surface area (Å²) in [5, 5.41) is 1.33. The SMILES string of the molecule is C=Cc1ccc(COc2cc3oc(=O)cc(CC)c3cc2Cl)cc1. The number of benzene rings is 2. The molecule has 3 nitrogen and oxygen atoms in total. The molecule has 122 valence electrons. The summed E-state index contributed by atoms with van der Waals surface area (Å²) >= 11 is 6.33. The number of halogens is 1. The minimum Gasteiger partial charge on any atom is -0.487 e. The summed E-state index contributed by atoms with van der Waals surface area (Å²) < 4.78 is 11.1. The molecular weight excluding hydrogens is 324 g/mol. The Morgan fingerprint density at radius 1 is 1.21 bits per heavy atom. The van der Waals surface area contributed by atoms with Gasteiger partial charge >= 0.3 is 5.63 Å². The second kappa shape index (κ2) is 6.93. The predicted octanol–water partition coefficient (Wildman–Crippen LogP) is 5.23. The van der Waals surface area contributed by atoms with E-state index >= 15 is 0 Å². The van der Waals surface area contributed by atoms with Crippen LogP contribution in [0, 0.1) is 0 Å². The number of hydrogen-bond acceptors (Lipinski definition) is 3. The third-order valence-electron chi connectivity index (χ3n) is 3.87. The first-order valence-corrected chi connectivity index (χ1v) is 8.09. The number of hydrogen-bond donors (Lipinski definition) is 0. The van der Waals surface area contributed by atoms with Crippen LogP contribution in [0.1, 0.15) is 23.6 Å². The molecule has 0 radical (unpaired) electrons. The Morgan fingerprint density at radius 3 is 2.62 bits per heavy atom. The number of fused-ring (bicyclic) bond motifs is 1. The van der Waals surface area contributed by atoms with Gasteiger partial charge in [-0.2, -0.15) is 0 Å². The van der Waals surface area contributed by atoms with Gasteiger partial charge in [0.25, 0.3) is 0 Å². The van der Waals surface area contributed by atoms with E-state index in [1.807, 2.05) is 31.2 Å². The van der Waals surface area contributed by atoms with E-state index in [-0.39, 0.29) is 5.63 Å². The molecule has 0 aliphatic rings. The van der Waals surface area contributed by atoms with Gasteiger partial charge in [-0.15, -0.1) is 0 Å². The fourth-order valence-corrected chi connectivity index (χ4v) is 2.76. The molecule has 0 fully saturated rings. The zero-order valence-corrected chi connectivity index (χ0v) is 14.1. The van der Waals surface area contributed by atoms with Crippen LogP contribution in [-0.4, -0.2) is 0 Å². The first-order chi connectivity index (χ1) is 11.6. The van der Waals surface area contributed by atoms with Crippen molar-refractivity contribution in [1.29, 1.82) is 0 Å². The van der Waals surface area contributed by atoms with Crippen LogP contribution >= 0.6 is 11.6 Å². The van der Waals surface area contributed by atoms with Gasteiger partial charge in [0.15, 0.2) is 0 Å². The lowest BCUT2D eigenvalue weighted by atomic mass is 10.1. The first-order valence-electron chi connectivity index (χ1n) is 7.71. The summed E-state index contributed by atoms with van der Waals surface area (Å²) in [5.41, 5.74) is 3.10. The van der Waals surface area contributed by atoms with Gasteiger partial charge < -0.3 is 9.15 Å². The molecule has 0 aliphatic heterocycles. The van der Waals surface area contributed by atoms with Crippen LogP contribution in [0.15, 0.2) is 58.3 Å². The highest BCUT2D eigenvalue weighted by atomic mass is 35.5. The fraction of sp³-hybridized carbons (Fsp3) is 0.150. The van der Waals surface area contributed by atoms with E-state index < -0.39 is 0 Å². The average molecular weight is 341 g/mol. The van der Waals surface area contributed by atoms with E-state index in [4.69, 9.17) is 20.8 Å². The Labute approximate surface area is 145 Å². The van der Waals surface area contributed by atoms with E-state index in [1.165, 1.54) is 6.07 Å². The maximum atomic E-state index is 11.7.